The van der Waals surface area contributed by atoms with E-state index in [1.165, 1.54) is 5.56 Å². The summed E-state index contributed by atoms with van der Waals surface area (Å²) in [4.78, 5) is 6.21. The van der Waals surface area contributed by atoms with Gasteiger partial charge in [-0.2, -0.15) is 0 Å². The average molecular weight is 219 g/mol. The second kappa shape index (κ2) is 7.02. The Kier molecular flexibility index (Phi) is 5.58. The molecule has 0 aliphatic carbocycles. The summed E-state index contributed by atoms with van der Waals surface area (Å²) in [6.45, 7) is 0.874. The van der Waals surface area contributed by atoms with E-state index in [0.29, 0.717) is 19.6 Å². The number of nitrogens with zero attached hydrogens (tertiary/aromatic N) is 1. The van der Waals surface area contributed by atoms with Crippen LogP contribution in [0.2, 0.25) is 0 Å². The van der Waals surface area contributed by atoms with Crippen LogP contribution in [0.25, 0.3) is 0 Å². The molecule has 1 aromatic carbocycles. The molecular weight excluding hydrogens is 202 g/mol. The van der Waals surface area contributed by atoms with Crippen molar-refractivity contribution < 1.29 is 10.1 Å². The highest BCUT2D eigenvalue weighted by Crippen LogP contribution is 2.22. The van der Waals surface area contributed by atoms with Gasteiger partial charge < -0.3 is 0 Å². The number of hydrogen-bond acceptors (Lipinski definition) is 3. The second-order valence-electron chi connectivity index (χ2n) is 3.67. The van der Waals surface area contributed by atoms with E-state index in [2.05, 4.69) is 27.8 Å². The molecule has 3 heteroatoms. The first-order chi connectivity index (χ1) is 7.79. The standard InChI is InChI=1S/C13H17NO2/c1-3-10-14(2)13(9-11-16-15)12-7-5-4-6-8-12/h1,4-8,13,15H,9-11H2,2H3. The monoisotopic (exact) mass is 219 g/mol. The molecule has 0 amide bonds. The van der Waals surface area contributed by atoms with Crippen LogP contribution in [0.1, 0.15) is 18.0 Å². The number of rotatable bonds is 6. The summed E-state index contributed by atoms with van der Waals surface area (Å²) in [5.74, 6) is 2.62. The molecule has 1 aromatic rings. The van der Waals surface area contributed by atoms with Crippen LogP contribution in [0.15, 0.2) is 30.3 Å². The molecular formula is C13H17NO2. The number of benzene rings is 1. The van der Waals surface area contributed by atoms with Gasteiger partial charge in [0.2, 0.25) is 0 Å². The Morgan fingerprint density at radius 1 is 1.44 bits per heavy atom. The fraction of sp³-hybridized carbons (Fsp3) is 0.385. The van der Waals surface area contributed by atoms with Crippen LogP contribution in [-0.4, -0.2) is 30.4 Å². The van der Waals surface area contributed by atoms with Gasteiger partial charge in [0.05, 0.1) is 13.2 Å². The highest BCUT2D eigenvalue weighted by atomic mass is 17.1. The van der Waals surface area contributed by atoms with E-state index in [1.54, 1.807) is 0 Å². The highest BCUT2D eigenvalue weighted by Gasteiger charge is 2.15. The molecule has 1 N–H and O–H groups in total. The minimum atomic E-state index is 0.171. The Balaban J connectivity index is 2.75. The van der Waals surface area contributed by atoms with Crippen LogP contribution < -0.4 is 0 Å². The zero-order valence-corrected chi connectivity index (χ0v) is 9.47. The van der Waals surface area contributed by atoms with Crippen molar-refractivity contribution in [1.29, 1.82) is 0 Å². The minimum absolute atomic E-state index is 0.171. The van der Waals surface area contributed by atoms with Gasteiger partial charge in [-0.1, -0.05) is 36.3 Å². The van der Waals surface area contributed by atoms with Crippen molar-refractivity contribution in [2.75, 3.05) is 20.2 Å². The molecule has 0 saturated heterocycles. The van der Waals surface area contributed by atoms with Gasteiger partial charge in [-0.3, -0.25) is 10.2 Å². The molecule has 16 heavy (non-hydrogen) atoms. The molecule has 0 saturated carbocycles. The summed E-state index contributed by atoms with van der Waals surface area (Å²) in [6, 6.07) is 10.2. The van der Waals surface area contributed by atoms with Crippen molar-refractivity contribution in [2.24, 2.45) is 0 Å². The van der Waals surface area contributed by atoms with E-state index in [9.17, 15) is 0 Å². The summed E-state index contributed by atoms with van der Waals surface area (Å²) in [6.07, 6.45) is 6.01. The first-order valence-electron chi connectivity index (χ1n) is 5.24. The normalized spacial score (nSPS) is 12.4. The van der Waals surface area contributed by atoms with Gasteiger partial charge in [0.1, 0.15) is 0 Å². The molecule has 0 radical (unpaired) electrons. The zero-order valence-electron chi connectivity index (χ0n) is 9.47. The van der Waals surface area contributed by atoms with E-state index in [-0.39, 0.29) is 6.04 Å². The minimum Gasteiger partial charge on any atom is -0.288 e. The molecule has 0 spiro atoms. The van der Waals surface area contributed by atoms with Gasteiger partial charge in [0.15, 0.2) is 0 Å². The van der Waals surface area contributed by atoms with E-state index < -0.39 is 0 Å². The van der Waals surface area contributed by atoms with Crippen LogP contribution in [0.3, 0.4) is 0 Å². The Bertz CT molecular complexity index is 332. The summed E-state index contributed by atoms with van der Waals surface area (Å²) < 4.78 is 0. The van der Waals surface area contributed by atoms with Crippen LogP contribution >= 0.6 is 0 Å². The lowest BCUT2D eigenvalue weighted by Gasteiger charge is -2.26. The van der Waals surface area contributed by atoms with Gasteiger partial charge in [0, 0.05) is 6.04 Å². The molecule has 0 aliphatic rings. The van der Waals surface area contributed by atoms with E-state index >= 15 is 0 Å². The van der Waals surface area contributed by atoms with Crippen molar-refractivity contribution in [1.82, 2.24) is 4.90 Å². The molecule has 3 nitrogen and oxygen atoms in total. The van der Waals surface area contributed by atoms with E-state index in [1.807, 2.05) is 25.2 Å². The van der Waals surface area contributed by atoms with Crippen LogP contribution in [0, 0.1) is 12.3 Å². The molecule has 1 rings (SSSR count). The maximum absolute atomic E-state index is 8.41. The predicted octanol–water partition coefficient (Wildman–Crippen LogP) is 2.17. The highest BCUT2D eigenvalue weighted by molar-refractivity contribution is 5.19. The fourth-order valence-electron chi connectivity index (χ4n) is 1.74. The zero-order chi connectivity index (χ0) is 11.8. The molecule has 0 aliphatic heterocycles. The molecule has 86 valence electrons. The van der Waals surface area contributed by atoms with Gasteiger partial charge in [-0.25, -0.2) is 4.89 Å². The van der Waals surface area contributed by atoms with Gasteiger partial charge >= 0.3 is 0 Å². The Labute approximate surface area is 96.6 Å². The summed E-state index contributed by atoms with van der Waals surface area (Å²) >= 11 is 0. The van der Waals surface area contributed by atoms with Crippen molar-refractivity contribution in [3.8, 4) is 12.3 Å². The number of hydrogen-bond donors (Lipinski definition) is 1. The lowest BCUT2D eigenvalue weighted by molar-refractivity contribution is -0.244. The lowest BCUT2D eigenvalue weighted by Crippen LogP contribution is -2.26. The third-order valence-electron chi connectivity index (χ3n) is 2.54. The number of terminal acetylenes is 1. The van der Waals surface area contributed by atoms with Crippen molar-refractivity contribution in [2.45, 2.75) is 12.5 Å². The third-order valence-corrected chi connectivity index (χ3v) is 2.54. The smallest absolute Gasteiger partial charge is 0.0838 e. The quantitative estimate of drug-likeness (QED) is 0.452. The molecule has 0 fully saturated rings. The first-order valence-corrected chi connectivity index (χ1v) is 5.24. The van der Waals surface area contributed by atoms with Crippen LogP contribution in [-0.2, 0) is 4.89 Å². The fourth-order valence-corrected chi connectivity index (χ4v) is 1.74. The first kappa shape index (κ1) is 12.7. The Hall–Kier alpha value is -1.34. The van der Waals surface area contributed by atoms with Gasteiger partial charge in [0.25, 0.3) is 0 Å². The maximum Gasteiger partial charge on any atom is 0.0838 e. The molecule has 0 heterocycles. The van der Waals surface area contributed by atoms with Crippen molar-refractivity contribution in [3.63, 3.8) is 0 Å². The van der Waals surface area contributed by atoms with Crippen LogP contribution in [0.5, 0.6) is 0 Å². The van der Waals surface area contributed by atoms with Crippen molar-refractivity contribution >= 4 is 0 Å². The van der Waals surface area contributed by atoms with E-state index in [4.69, 9.17) is 11.7 Å². The van der Waals surface area contributed by atoms with Gasteiger partial charge in [-0.15, -0.1) is 6.42 Å². The molecule has 1 unspecified atom stereocenters. The van der Waals surface area contributed by atoms with Crippen LogP contribution in [0.4, 0.5) is 0 Å². The Morgan fingerprint density at radius 3 is 2.69 bits per heavy atom. The van der Waals surface area contributed by atoms with Gasteiger partial charge in [-0.05, 0) is 19.0 Å². The molecule has 0 bridgehead atoms. The summed E-state index contributed by atoms with van der Waals surface area (Å²) in [7, 11) is 1.97. The van der Waals surface area contributed by atoms with Crippen molar-refractivity contribution in [3.05, 3.63) is 35.9 Å². The van der Waals surface area contributed by atoms with E-state index in [0.717, 1.165) is 0 Å². The summed E-state index contributed by atoms with van der Waals surface area (Å²) in [5.41, 5.74) is 1.18. The average Bonchev–Trinajstić information content (AvgIpc) is 2.31. The largest absolute Gasteiger partial charge is 0.288 e. The topological polar surface area (TPSA) is 32.7 Å². The summed E-state index contributed by atoms with van der Waals surface area (Å²) in [5, 5.41) is 8.41. The predicted molar refractivity (Wildman–Crippen MR) is 63.8 cm³/mol. The maximum atomic E-state index is 8.41. The third kappa shape index (κ3) is 3.67. The molecule has 1 atom stereocenters. The second-order valence-corrected chi connectivity index (χ2v) is 3.67. The Morgan fingerprint density at radius 2 is 2.12 bits per heavy atom. The lowest BCUT2D eigenvalue weighted by atomic mass is 10.0. The SMILES string of the molecule is C#CCN(C)C(CCOO)c1ccccc1. The molecule has 0 aromatic heterocycles.